The summed E-state index contributed by atoms with van der Waals surface area (Å²) in [5.41, 5.74) is 1.66. The third kappa shape index (κ3) is 2.92. The number of nitro groups is 1. The summed E-state index contributed by atoms with van der Waals surface area (Å²) >= 11 is 0. The van der Waals surface area contributed by atoms with Crippen molar-refractivity contribution in [2.45, 2.75) is 6.92 Å². The zero-order chi connectivity index (χ0) is 13.8. The molecule has 0 saturated heterocycles. The van der Waals surface area contributed by atoms with Gasteiger partial charge in [0, 0.05) is 35.8 Å². The fraction of sp³-hybridized carbons (Fsp3) is 0.0769. The van der Waals surface area contributed by atoms with Crippen molar-refractivity contribution in [3.05, 3.63) is 64.0 Å². The maximum absolute atomic E-state index is 11.9. The first-order valence-corrected chi connectivity index (χ1v) is 5.54. The third-order valence-electron chi connectivity index (χ3n) is 2.61. The van der Waals surface area contributed by atoms with Crippen LogP contribution >= 0.6 is 0 Å². The Balaban J connectivity index is 2.20. The molecule has 1 amide bonds. The van der Waals surface area contributed by atoms with Gasteiger partial charge in [-0.05, 0) is 30.7 Å². The lowest BCUT2D eigenvalue weighted by molar-refractivity contribution is -0.384. The molecular weight excluding hydrogens is 246 g/mol. The zero-order valence-corrected chi connectivity index (χ0v) is 10.2. The first-order valence-electron chi connectivity index (χ1n) is 5.54. The van der Waals surface area contributed by atoms with Gasteiger partial charge in [-0.3, -0.25) is 19.9 Å². The molecule has 2 rings (SSSR count). The molecule has 0 atom stereocenters. The van der Waals surface area contributed by atoms with E-state index in [1.807, 2.05) is 0 Å². The van der Waals surface area contributed by atoms with E-state index in [0.29, 0.717) is 16.8 Å². The summed E-state index contributed by atoms with van der Waals surface area (Å²) in [7, 11) is 0. The maximum Gasteiger partial charge on any atom is 0.269 e. The second-order valence-corrected chi connectivity index (χ2v) is 3.95. The van der Waals surface area contributed by atoms with Gasteiger partial charge in [-0.1, -0.05) is 0 Å². The number of non-ortho nitro benzene ring substituents is 1. The van der Waals surface area contributed by atoms with Gasteiger partial charge in [0.15, 0.2) is 0 Å². The van der Waals surface area contributed by atoms with Crippen LogP contribution in [0.4, 0.5) is 11.4 Å². The van der Waals surface area contributed by atoms with Crippen LogP contribution in [0.1, 0.15) is 15.9 Å². The third-order valence-corrected chi connectivity index (χ3v) is 2.61. The fourth-order valence-electron chi connectivity index (χ4n) is 1.60. The molecular formula is C13H11N3O3. The molecule has 1 heterocycles. The molecule has 0 aliphatic carbocycles. The number of hydrogen-bond acceptors (Lipinski definition) is 4. The molecule has 0 unspecified atom stereocenters. The molecule has 0 bridgehead atoms. The Morgan fingerprint density at radius 3 is 2.53 bits per heavy atom. The molecule has 0 aliphatic rings. The SMILES string of the molecule is Cc1cc([N+](=O)[O-])ccc1NC(=O)c1ccncc1. The standard InChI is InChI=1S/C13H11N3O3/c1-9-8-11(16(18)19)2-3-12(9)15-13(17)10-4-6-14-7-5-10/h2-8H,1H3,(H,15,17). The van der Waals surface area contributed by atoms with Crippen LogP contribution in [0.2, 0.25) is 0 Å². The first-order chi connectivity index (χ1) is 9.08. The summed E-state index contributed by atoms with van der Waals surface area (Å²) in [4.78, 5) is 25.9. The Morgan fingerprint density at radius 2 is 1.95 bits per heavy atom. The summed E-state index contributed by atoms with van der Waals surface area (Å²) in [6.07, 6.45) is 3.05. The lowest BCUT2D eigenvalue weighted by Crippen LogP contribution is -2.12. The van der Waals surface area contributed by atoms with Gasteiger partial charge in [0.25, 0.3) is 11.6 Å². The number of anilines is 1. The van der Waals surface area contributed by atoms with Crippen LogP contribution in [0, 0.1) is 17.0 Å². The van der Waals surface area contributed by atoms with Gasteiger partial charge < -0.3 is 5.32 Å². The van der Waals surface area contributed by atoms with Crippen molar-refractivity contribution in [1.82, 2.24) is 4.98 Å². The van der Waals surface area contributed by atoms with Crippen molar-refractivity contribution in [2.24, 2.45) is 0 Å². The van der Waals surface area contributed by atoms with E-state index in [9.17, 15) is 14.9 Å². The minimum atomic E-state index is -0.471. The number of pyridine rings is 1. The average Bonchev–Trinajstić information content (AvgIpc) is 2.41. The minimum Gasteiger partial charge on any atom is -0.322 e. The number of nitrogens with one attached hydrogen (secondary N) is 1. The number of nitrogens with zero attached hydrogens (tertiary/aromatic N) is 2. The van der Waals surface area contributed by atoms with Crippen molar-refractivity contribution in [2.75, 3.05) is 5.32 Å². The zero-order valence-electron chi connectivity index (χ0n) is 10.2. The minimum absolute atomic E-state index is 0.000546. The van der Waals surface area contributed by atoms with Crippen molar-refractivity contribution >= 4 is 17.3 Å². The number of carbonyl (C=O) groups is 1. The Kier molecular flexibility index (Phi) is 3.51. The molecule has 0 radical (unpaired) electrons. The van der Waals surface area contributed by atoms with E-state index in [4.69, 9.17) is 0 Å². The number of aromatic nitrogens is 1. The molecule has 96 valence electrons. The number of aryl methyl sites for hydroxylation is 1. The Labute approximate surface area is 109 Å². The molecule has 0 fully saturated rings. The normalized spacial score (nSPS) is 9.95. The molecule has 1 aromatic carbocycles. The summed E-state index contributed by atoms with van der Waals surface area (Å²) < 4.78 is 0. The van der Waals surface area contributed by atoms with Crippen LogP contribution in [0.5, 0.6) is 0 Å². The molecule has 2 aromatic rings. The first kappa shape index (κ1) is 12.7. The van der Waals surface area contributed by atoms with E-state index in [2.05, 4.69) is 10.3 Å². The van der Waals surface area contributed by atoms with Crippen molar-refractivity contribution < 1.29 is 9.72 Å². The van der Waals surface area contributed by atoms with Gasteiger partial charge in [-0.15, -0.1) is 0 Å². The second-order valence-electron chi connectivity index (χ2n) is 3.95. The van der Waals surface area contributed by atoms with E-state index in [1.165, 1.54) is 30.6 Å². The van der Waals surface area contributed by atoms with Crippen LogP contribution in [0.15, 0.2) is 42.7 Å². The smallest absolute Gasteiger partial charge is 0.269 e. The monoisotopic (exact) mass is 257 g/mol. The largest absolute Gasteiger partial charge is 0.322 e. The van der Waals surface area contributed by atoms with Crippen LogP contribution < -0.4 is 5.32 Å². The second kappa shape index (κ2) is 5.26. The van der Waals surface area contributed by atoms with Gasteiger partial charge in [0.05, 0.1) is 4.92 Å². The topological polar surface area (TPSA) is 85.1 Å². The van der Waals surface area contributed by atoms with Crippen molar-refractivity contribution in [3.8, 4) is 0 Å². The van der Waals surface area contributed by atoms with Crippen LogP contribution in [-0.4, -0.2) is 15.8 Å². The summed E-state index contributed by atoms with van der Waals surface area (Å²) in [5.74, 6) is -0.278. The quantitative estimate of drug-likeness (QED) is 0.676. The molecule has 19 heavy (non-hydrogen) atoms. The van der Waals surface area contributed by atoms with Crippen LogP contribution in [0.25, 0.3) is 0 Å². The van der Waals surface area contributed by atoms with E-state index >= 15 is 0 Å². The van der Waals surface area contributed by atoms with Gasteiger partial charge in [0.2, 0.25) is 0 Å². The van der Waals surface area contributed by atoms with Crippen LogP contribution in [0.3, 0.4) is 0 Å². The number of nitro benzene ring substituents is 1. The fourth-order valence-corrected chi connectivity index (χ4v) is 1.60. The summed E-state index contributed by atoms with van der Waals surface area (Å²) in [6, 6.07) is 7.48. The summed E-state index contributed by atoms with van der Waals surface area (Å²) in [6.45, 7) is 1.70. The predicted octanol–water partition coefficient (Wildman–Crippen LogP) is 2.55. The molecule has 6 nitrogen and oxygen atoms in total. The van der Waals surface area contributed by atoms with Gasteiger partial charge >= 0.3 is 0 Å². The molecule has 0 saturated carbocycles. The number of rotatable bonds is 3. The highest BCUT2D eigenvalue weighted by Gasteiger charge is 2.11. The van der Waals surface area contributed by atoms with Crippen molar-refractivity contribution in [3.63, 3.8) is 0 Å². The van der Waals surface area contributed by atoms with E-state index in [-0.39, 0.29) is 11.6 Å². The molecule has 1 N–H and O–H groups in total. The Bertz CT molecular complexity index is 626. The van der Waals surface area contributed by atoms with Gasteiger partial charge in [-0.2, -0.15) is 0 Å². The molecule has 1 aromatic heterocycles. The van der Waals surface area contributed by atoms with E-state index < -0.39 is 4.92 Å². The molecule has 0 aliphatic heterocycles. The number of amides is 1. The molecule has 0 spiro atoms. The van der Waals surface area contributed by atoms with E-state index in [0.717, 1.165) is 0 Å². The lowest BCUT2D eigenvalue weighted by atomic mass is 10.1. The number of hydrogen-bond donors (Lipinski definition) is 1. The Morgan fingerprint density at radius 1 is 1.26 bits per heavy atom. The number of benzene rings is 1. The predicted molar refractivity (Wildman–Crippen MR) is 70.0 cm³/mol. The van der Waals surface area contributed by atoms with E-state index in [1.54, 1.807) is 19.1 Å². The van der Waals surface area contributed by atoms with Gasteiger partial charge in [-0.25, -0.2) is 0 Å². The molecule has 6 heteroatoms. The Hall–Kier alpha value is -2.76. The summed E-state index contributed by atoms with van der Waals surface area (Å²) in [5, 5.41) is 13.3. The lowest BCUT2D eigenvalue weighted by Gasteiger charge is -2.07. The van der Waals surface area contributed by atoms with Crippen molar-refractivity contribution in [1.29, 1.82) is 0 Å². The number of carbonyl (C=O) groups excluding carboxylic acids is 1. The highest BCUT2D eigenvalue weighted by atomic mass is 16.6. The van der Waals surface area contributed by atoms with Gasteiger partial charge in [0.1, 0.15) is 0 Å². The highest BCUT2D eigenvalue weighted by molar-refractivity contribution is 6.04. The average molecular weight is 257 g/mol. The highest BCUT2D eigenvalue weighted by Crippen LogP contribution is 2.21. The van der Waals surface area contributed by atoms with Crippen LogP contribution in [-0.2, 0) is 0 Å². The maximum atomic E-state index is 11.9.